The van der Waals surface area contributed by atoms with Crippen LogP contribution >= 0.6 is 0 Å². The topological polar surface area (TPSA) is 56.6 Å². The molecule has 0 fully saturated rings. The van der Waals surface area contributed by atoms with E-state index in [-0.39, 0.29) is 18.5 Å². The van der Waals surface area contributed by atoms with Gasteiger partial charge in [0.1, 0.15) is 5.82 Å². The average molecular weight is 488 g/mol. The van der Waals surface area contributed by atoms with E-state index in [1.807, 2.05) is 75.4 Å². The minimum Gasteiger partial charge on any atom is -0.493 e. The Hall–Kier alpha value is -4.13. The van der Waals surface area contributed by atoms with Gasteiger partial charge in [-0.1, -0.05) is 43.3 Å². The SMILES string of the molecule is CC[C@H](C)N(Cc1c(C)nn(-c2ccccc2)c1Oc1ccccc1OC)C(=O)c1cccc(F)c1. The monoisotopic (exact) mass is 487 g/mol. The van der Waals surface area contributed by atoms with E-state index in [9.17, 15) is 9.18 Å². The number of ether oxygens (including phenoxy) is 2. The first-order chi connectivity index (χ1) is 17.4. The summed E-state index contributed by atoms with van der Waals surface area (Å²) in [5.41, 5.74) is 2.61. The molecule has 0 N–H and O–H groups in total. The highest BCUT2D eigenvalue weighted by Crippen LogP contribution is 2.36. The van der Waals surface area contributed by atoms with E-state index in [1.54, 1.807) is 28.8 Å². The Kier molecular flexibility index (Phi) is 7.68. The molecule has 0 saturated heterocycles. The molecule has 4 rings (SSSR count). The lowest BCUT2D eigenvalue weighted by Gasteiger charge is -2.29. The lowest BCUT2D eigenvalue weighted by Crippen LogP contribution is -2.38. The number of carbonyl (C=O) groups is 1. The Bertz CT molecular complexity index is 1340. The van der Waals surface area contributed by atoms with Crippen molar-refractivity contribution in [3.63, 3.8) is 0 Å². The maximum absolute atomic E-state index is 13.9. The molecule has 1 aromatic heterocycles. The number of benzene rings is 3. The van der Waals surface area contributed by atoms with Crippen LogP contribution in [-0.2, 0) is 6.54 Å². The number of methoxy groups -OCH3 is 1. The summed E-state index contributed by atoms with van der Waals surface area (Å²) in [6.45, 7) is 6.14. The first kappa shape index (κ1) is 25.0. The zero-order valence-electron chi connectivity index (χ0n) is 20.9. The Balaban J connectivity index is 1.81. The van der Waals surface area contributed by atoms with Gasteiger partial charge < -0.3 is 14.4 Å². The van der Waals surface area contributed by atoms with E-state index >= 15 is 0 Å². The Morgan fingerprint density at radius 3 is 2.39 bits per heavy atom. The van der Waals surface area contributed by atoms with Crippen molar-refractivity contribution in [2.45, 2.75) is 39.8 Å². The van der Waals surface area contributed by atoms with Gasteiger partial charge in [0, 0.05) is 11.6 Å². The van der Waals surface area contributed by atoms with Crippen LogP contribution in [0.3, 0.4) is 0 Å². The predicted octanol–water partition coefficient (Wildman–Crippen LogP) is 6.56. The molecule has 1 atom stereocenters. The van der Waals surface area contributed by atoms with E-state index in [2.05, 4.69) is 0 Å². The zero-order valence-corrected chi connectivity index (χ0v) is 20.9. The molecular formula is C29H30FN3O3. The van der Waals surface area contributed by atoms with Crippen LogP contribution in [0.2, 0.25) is 0 Å². The fraction of sp³-hybridized carbons (Fsp3) is 0.241. The molecule has 4 aromatic rings. The maximum atomic E-state index is 13.9. The second-order valence-electron chi connectivity index (χ2n) is 8.57. The van der Waals surface area contributed by atoms with Gasteiger partial charge in [0.05, 0.1) is 30.6 Å². The lowest BCUT2D eigenvalue weighted by atomic mass is 10.1. The molecule has 0 saturated carbocycles. The second-order valence-corrected chi connectivity index (χ2v) is 8.57. The molecule has 0 aliphatic rings. The standard InChI is InChI=1S/C29H30FN3O3/c1-5-20(2)32(28(34)22-12-11-13-23(30)18-22)19-25-21(3)31-33(24-14-7-6-8-15-24)29(25)36-27-17-10-9-16-26(27)35-4/h6-18,20H,5,19H2,1-4H3/t20-/m0/s1. The van der Waals surface area contributed by atoms with Gasteiger partial charge in [-0.15, -0.1) is 0 Å². The van der Waals surface area contributed by atoms with E-state index in [0.717, 1.165) is 23.4 Å². The minimum absolute atomic E-state index is 0.0978. The highest BCUT2D eigenvalue weighted by molar-refractivity contribution is 5.94. The minimum atomic E-state index is -0.446. The van der Waals surface area contributed by atoms with Gasteiger partial charge in [-0.3, -0.25) is 4.79 Å². The normalized spacial score (nSPS) is 11.7. The van der Waals surface area contributed by atoms with Gasteiger partial charge >= 0.3 is 0 Å². The van der Waals surface area contributed by atoms with Crippen molar-refractivity contribution in [2.75, 3.05) is 7.11 Å². The number of aromatic nitrogens is 2. The Morgan fingerprint density at radius 1 is 1.03 bits per heavy atom. The number of carbonyl (C=O) groups excluding carboxylic acids is 1. The molecule has 0 aliphatic carbocycles. The third-order valence-corrected chi connectivity index (χ3v) is 6.20. The van der Waals surface area contributed by atoms with Crippen LogP contribution in [0.1, 0.15) is 41.9 Å². The van der Waals surface area contributed by atoms with Crippen molar-refractivity contribution in [1.82, 2.24) is 14.7 Å². The first-order valence-corrected chi connectivity index (χ1v) is 11.9. The summed E-state index contributed by atoms with van der Waals surface area (Å²) in [5.74, 6) is 0.905. The van der Waals surface area contributed by atoms with Gasteiger partial charge in [0.15, 0.2) is 11.5 Å². The molecule has 3 aromatic carbocycles. The largest absolute Gasteiger partial charge is 0.493 e. The lowest BCUT2D eigenvalue weighted by molar-refractivity contribution is 0.0669. The number of hydrogen-bond donors (Lipinski definition) is 0. The number of aryl methyl sites for hydroxylation is 1. The third kappa shape index (κ3) is 5.25. The van der Waals surface area contributed by atoms with Gasteiger partial charge in [-0.25, -0.2) is 9.07 Å². The van der Waals surface area contributed by atoms with Gasteiger partial charge in [-0.2, -0.15) is 5.10 Å². The summed E-state index contributed by atoms with van der Waals surface area (Å²) in [5, 5.41) is 4.77. The summed E-state index contributed by atoms with van der Waals surface area (Å²) in [4.78, 5) is 15.3. The fourth-order valence-corrected chi connectivity index (χ4v) is 3.98. The van der Waals surface area contributed by atoms with Crippen molar-refractivity contribution in [3.05, 3.63) is 102 Å². The zero-order chi connectivity index (χ0) is 25.7. The number of rotatable bonds is 9. The molecule has 36 heavy (non-hydrogen) atoms. The molecule has 6 nitrogen and oxygen atoms in total. The number of halogens is 1. The second kappa shape index (κ2) is 11.1. The first-order valence-electron chi connectivity index (χ1n) is 11.9. The van der Waals surface area contributed by atoms with Gasteiger partial charge in [0.25, 0.3) is 5.91 Å². The number of hydrogen-bond acceptors (Lipinski definition) is 4. The molecule has 0 radical (unpaired) electrons. The number of nitrogens with zero attached hydrogens (tertiary/aromatic N) is 3. The number of amides is 1. The molecule has 0 unspecified atom stereocenters. The van der Waals surface area contributed by atoms with Gasteiger partial charge in [0.2, 0.25) is 5.88 Å². The van der Waals surface area contributed by atoms with Crippen LogP contribution in [-0.4, -0.2) is 33.7 Å². The summed E-state index contributed by atoms with van der Waals surface area (Å²) in [6.07, 6.45) is 0.732. The summed E-state index contributed by atoms with van der Waals surface area (Å²) in [7, 11) is 1.59. The maximum Gasteiger partial charge on any atom is 0.254 e. The Morgan fingerprint density at radius 2 is 1.72 bits per heavy atom. The van der Waals surface area contributed by atoms with E-state index < -0.39 is 5.82 Å². The average Bonchev–Trinajstić information content (AvgIpc) is 3.21. The molecule has 0 spiro atoms. The highest BCUT2D eigenvalue weighted by Gasteiger charge is 2.27. The van der Waals surface area contributed by atoms with Crippen LogP contribution in [0.25, 0.3) is 5.69 Å². The molecule has 7 heteroatoms. The van der Waals surface area contributed by atoms with E-state index in [4.69, 9.17) is 14.6 Å². The molecule has 0 bridgehead atoms. The number of para-hydroxylation sites is 3. The molecule has 1 amide bonds. The predicted molar refractivity (Wildman–Crippen MR) is 137 cm³/mol. The van der Waals surface area contributed by atoms with E-state index in [0.29, 0.717) is 22.9 Å². The van der Waals surface area contributed by atoms with Crippen molar-refractivity contribution < 1.29 is 18.7 Å². The van der Waals surface area contributed by atoms with Crippen molar-refractivity contribution in [3.8, 4) is 23.1 Å². The fourth-order valence-electron chi connectivity index (χ4n) is 3.98. The van der Waals surface area contributed by atoms with Crippen LogP contribution in [0.5, 0.6) is 17.4 Å². The van der Waals surface area contributed by atoms with Crippen molar-refractivity contribution in [2.24, 2.45) is 0 Å². The summed E-state index contributed by atoms with van der Waals surface area (Å²) >= 11 is 0. The molecule has 186 valence electrons. The van der Waals surface area contributed by atoms with Crippen LogP contribution in [0.4, 0.5) is 4.39 Å². The van der Waals surface area contributed by atoms with Crippen LogP contribution < -0.4 is 9.47 Å². The molecule has 1 heterocycles. The van der Waals surface area contributed by atoms with Crippen LogP contribution in [0, 0.1) is 12.7 Å². The van der Waals surface area contributed by atoms with E-state index in [1.165, 1.54) is 12.1 Å². The third-order valence-electron chi connectivity index (χ3n) is 6.20. The van der Waals surface area contributed by atoms with Crippen molar-refractivity contribution >= 4 is 5.91 Å². The summed E-state index contributed by atoms with van der Waals surface area (Å²) in [6, 6.07) is 22.7. The molecular weight excluding hydrogens is 457 g/mol. The van der Waals surface area contributed by atoms with Crippen molar-refractivity contribution in [1.29, 1.82) is 0 Å². The highest BCUT2D eigenvalue weighted by atomic mass is 19.1. The Labute approximate surface area is 210 Å². The summed E-state index contributed by atoms with van der Waals surface area (Å²) < 4.78 is 27.6. The molecule has 0 aliphatic heterocycles. The smallest absolute Gasteiger partial charge is 0.254 e. The quantitative estimate of drug-likeness (QED) is 0.268. The van der Waals surface area contributed by atoms with Gasteiger partial charge in [-0.05, 0) is 62.7 Å². The van der Waals surface area contributed by atoms with Crippen LogP contribution in [0.15, 0.2) is 78.9 Å².